The van der Waals surface area contributed by atoms with Crippen LogP contribution in [0.1, 0.15) is 30.7 Å². The fourth-order valence-electron chi connectivity index (χ4n) is 2.86. The van der Waals surface area contributed by atoms with Crippen LogP contribution in [0.3, 0.4) is 0 Å². The number of hydrogen-bond donors (Lipinski definition) is 2. The lowest BCUT2D eigenvalue weighted by atomic mass is 9.75. The van der Waals surface area contributed by atoms with Crippen LogP contribution in [0.25, 0.3) is 0 Å². The lowest BCUT2D eigenvalue weighted by Crippen LogP contribution is -2.48. The molecule has 1 saturated carbocycles. The highest BCUT2D eigenvalue weighted by atomic mass is 35.5. The van der Waals surface area contributed by atoms with E-state index < -0.39 is 5.60 Å². The van der Waals surface area contributed by atoms with Gasteiger partial charge in [-0.1, -0.05) is 23.7 Å². The molecule has 1 aliphatic carbocycles. The van der Waals surface area contributed by atoms with Crippen LogP contribution in [0, 0.1) is 0 Å². The summed E-state index contributed by atoms with van der Waals surface area (Å²) >= 11 is 7.76. The Bertz CT molecular complexity index is 424. The fraction of sp³-hybridized carbons (Fsp3) is 0.600. The van der Waals surface area contributed by atoms with Crippen LogP contribution >= 0.6 is 23.4 Å². The maximum atomic E-state index is 10.3. The number of thioether (sulfide) groups is 1. The molecule has 4 heteroatoms. The number of rotatable bonds is 4. The van der Waals surface area contributed by atoms with Crippen LogP contribution in [-0.2, 0) is 0 Å². The van der Waals surface area contributed by atoms with Crippen LogP contribution in [0.15, 0.2) is 24.3 Å². The van der Waals surface area contributed by atoms with Gasteiger partial charge in [0, 0.05) is 23.4 Å². The highest BCUT2D eigenvalue weighted by Gasteiger charge is 2.35. The first-order valence-corrected chi connectivity index (χ1v) is 8.47. The second kappa shape index (κ2) is 5.65. The standard InChI is InChI=1S/C15H20ClNOS/c16-13-3-1-11(2-4-13)12-7-14(8-12)17-9-15(18)5-6-19-10-15/h1-4,12,14,17-18H,5-10H2/t12?,14?,15-/m1/s1. The molecule has 0 spiro atoms. The van der Waals surface area contributed by atoms with Crippen LogP contribution in [0.4, 0.5) is 0 Å². The number of hydrogen-bond acceptors (Lipinski definition) is 3. The van der Waals surface area contributed by atoms with E-state index in [1.807, 2.05) is 23.9 Å². The Morgan fingerprint density at radius 1 is 1.32 bits per heavy atom. The first-order valence-electron chi connectivity index (χ1n) is 6.94. The predicted molar refractivity (Wildman–Crippen MR) is 82.1 cm³/mol. The van der Waals surface area contributed by atoms with Gasteiger partial charge in [0.2, 0.25) is 0 Å². The molecule has 2 nitrogen and oxygen atoms in total. The van der Waals surface area contributed by atoms with Crippen LogP contribution in [-0.4, -0.2) is 34.8 Å². The second-order valence-electron chi connectivity index (χ2n) is 5.82. The molecule has 1 aromatic rings. The Balaban J connectivity index is 1.44. The molecule has 0 amide bonds. The summed E-state index contributed by atoms with van der Waals surface area (Å²) in [6.07, 6.45) is 3.27. The van der Waals surface area contributed by atoms with Crippen molar-refractivity contribution in [3.05, 3.63) is 34.9 Å². The molecule has 0 radical (unpaired) electrons. The second-order valence-corrected chi connectivity index (χ2v) is 7.37. The molecule has 3 rings (SSSR count). The molecule has 1 atom stereocenters. The Morgan fingerprint density at radius 3 is 2.68 bits per heavy atom. The molecule has 1 heterocycles. The summed E-state index contributed by atoms with van der Waals surface area (Å²) < 4.78 is 0. The molecule has 0 aromatic heterocycles. The molecule has 2 N–H and O–H groups in total. The van der Waals surface area contributed by atoms with E-state index in [-0.39, 0.29) is 0 Å². The van der Waals surface area contributed by atoms with Crippen molar-refractivity contribution in [3.8, 4) is 0 Å². The van der Waals surface area contributed by atoms with Gasteiger partial charge in [-0.15, -0.1) is 0 Å². The van der Waals surface area contributed by atoms with Crippen molar-refractivity contribution in [1.82, 2.24) is 5.32 Å². The largest absolute Gasteiger partial charge is 0.388 e. The molecule has 104 valence electrons. The monoisotopic (exact) mass is 297 g/mol. The van der Waals surface area contributed by atoms with Gasteiger partial charge in [0.05, 0.1) is 5.60 Å². The van der Waals surface area contributed by atoms with E-state index in [1.165, 1.54) is 18.4 Å². The summed E-state index contributed by atoms with van der Waals surface area (Å²) in [5, 5.41) is 14.6. The van der Waals surface area contributed by atoms with Gasteiger partial charge in [0.15, 0.2) is 0 Å². The molecule has 1 aromatic carbocycles. The molecule has 19 heavy (non-hydrogen) atoms. The quantitative estimate of drug-likeness (QED) is 0.896. The normalized spacial score (nSPS) is 34.2. The average molecular weight is 298 g/mol. The van der Waals surface area contributed by atoms with Gasteiger partial charge in [0.25, 0.3) is 0 Å². The number of halogens is 1. The van der Waals surface area contributed by atoms with Crippen molar-refractivity contribution in [2.75, 3.05) is 18.1 Å². The SMILES string of the molecule is O[C@@]1(CNC2CC(c3ccc(Cl)cc3)C2)CCSC1. The van der Waals surface area contributed by atoms with Gasteiger partial charge >= 0.3 is 0 Å². The molecule has 1 saturated heterocycles. The average Bonchev–Trinajstić information content (AvgIpc) is 2.77. The lowest BCUT2D eigenvalue weighted by Gasteiger charge is -2.38. The van der Waals surface area contributed by atoms with E-state index >= 15 is 0 Å². The molecule has 0 unspecified atom stereocenters. The first kappa shape index (κ1) is 13.7. The summed E-state index contributed by atoms with van der Waals surface area (Å²) in [5.41, 5.74) is 0.924. The zero-order valence-electron chi connectivity index (χ0n) is 10.9. The number of aliphatic hydroxyl groups is 1. The Morgan fingerprint density at radius 2 is 2.05 bits per heavy atom. The van der Waals surface area contributed by atoms with Gasteiger partial charge in [-0.25, -0.2) is 0 Å². The van der Waals surface area contributed by atoms with Crippen molar-refractivity contribution in [3.63, 3.8) is 0 Å². The molecule has 1 aliphatic heterocycles. The van der Waals surface area contributed by atoms with Gasteiger partial charge in [-0.2, -0.15) is 11.8 Å². The van der Waals surface area contributed by atoms with E-state index in [1.54, 1.807) is 0 Å². The molecular formula is C15H20ClNOS. The van der Waals surface area contributed by atoms with Gasteiger partial charge in [-0.3, -0.25) is 0 Å². The smallest absolute Gasteiger partial charge is 0.0869 e. The van der Waals surface area contributed by atoms with E-state index in [0.717, 1.165) is 29.5 Å². The summed E-state index contributed by atoms with van der Waals surface area (Å²) in [4.78, 5) is 0. The van der Waals surface area contributed by atoms with E-state index in [2.05, 4.69) is 17.4 Å². The zero-order valence-corrected chi connectivity index (χ0v) is 12.5. The van der Waals surface area contributed by atoms with Gasteiger partial charge < -0.3 is 10.4 Å². The maximum absolute atomic E-state index is 10.3. The zero-order chi connectivity index (χ0) is 13.3. The third-order valence-corrected chi connectivity index (χ3v) is 5.77. The van der Waals surface area contributed by atoms with Crippen molar-refractivity contribution >= 4 is 23.4 Å². The minimum absolute atomic E-state index is 0.462. The Labute approximate surface area is 123 Å². The lowest BCUT2D eigenvalue weighted by molar-refractivity contribution is 0.0595. The number of benzene rings is 1. The third-order valence-electron chi connectivity index (χ3n) is 4.28. The van der Waals surface area contributed by atoms with Gasteiger partial charge in [-0.05, 0) is 48.6 Å². The molecule has 2 fully saturated rings. The highest BCUT2D eigenvalue weighted by molar-refractivity contribution is 7.99. The molecular weight excluding hydrogens is 278 g/mol. The topological polar surface area (TPSA) is 32.3 Å². The Kier molecular flexibility index (Phi) is 4.08. The summed E-state index contributed by atoms with van der Waals surface area (Å²) in [7, 11) is 0. The van der Waals surface area contributed by atoms with Gasteiger partial charge in [0.1, 0.15) is 0 Å². The van der Waals surface area contributed by atoms with Crippen LogP contribution < -0.4 is 5.32 Å². The van der Waals surface area contributed by atoms with E-state index in [0.29, 0.717) is 12.0 Å². The predicted octanol–water partition coefficient (Wildman–Crippen LogP) is 3.04. The minimum Gasteiger partial charge on any atom is -0.388 e. The number of nitrogens with one attached hydrogen (secondary N) is 1. The van der Waals surface area contributed by atoms with E-state index in [4.69, 9.17) is 11.6 Å². The van der Waals surface area contributed by atoms with Crippen molar-refractivity contribution in [2.45, 2.75) is 36.8 Å². The third kappa shape index (κ3) is 3.27. The van der Waals surface area contributed by atoms with E-state index in [9.17, 15) is 5.11 Å². The molecule has 2 aliphatic rings. The van der Waals surface area contributed by atoms with Crippen molar-refractivity contribution in [2.24, 2.45) is 0 Å². The van der Waals surface area contributed by atoms with Crippen LogP contribution in [0.5, 0.6) is 0 Å². The summed E-state index contributed by atoms with van der Waals surface area (Å²) in [6.45, 7) is 0.748. The molecule has 0 bridgehead atoms. The maximum Gasteiger partial charge on any atom is 0.0869 e. The van der Waals surface area contributed by atoms with Crippen molar-refractivity contribution < 1.29 is 5.11 Å². The Hall–Kier alpha value is -0.220. The van der Waals surface area contributed by atoms with Crippen molar-refractivity contribution in [1.29, 1.82) is 0 Å². The fourth-order valence-corrected chi connectivity index (χ4v) is 4.28. The minimum atomic E-state index is -0.462. The highest BCUT2D eigenvalue weighted by Crippen LogP contribution is 2.37. The summed E-state index contributed by atoms with van der Waals surface area (Å²) in [5.74, 6) is 2.63. The van der Waals surface area contributed by atoms with Crippen LogP contribution in [0.2, 0.25) is 5.02 Å². The summed E-state index contributed by atoms with van der Waals surface area (Å²) in [6, 6.07) is 8.76. The first-order chi connectivity index (χ1) is 9.15.